The van der Waals surface area contributed by atoms with Crippen LogP contribution >= 0.6 is 11.6 Å². The summed E-state index contributed by atoms with van der Waals surface area (Å²) in [6.45, 7) is 2.15. The third-order valence-electron chi connectivity index (χ3n) is 2.68. The molecule has 0 saturated heterocycles. The molecule has 0 radical (unpaired) electrons. The second kappa shape index (κ2) is 4.98. The highest BCUT2D eigenvalue weighted by atomic mass is 35.5. The molecular weight excluding hydrogens is 240 g/mol. The molecule has 2 N–H and O–H groups in total. The van der Waals surface area contributed by atoms with Crippen LogP contribution in [0.2, 0.25) is 5.15 Å². The number of amides is 1. The lowest BCUT2D eigenvalue weighted by atomic mass is 10.2. The van der Waals surface area contributed by atoms with E-state index in [1.165, 1.54) is 0 Å². The molecule has 1 aliphatic rings. The second-order valence-electron chi connectivity index (χ2n) is 4.33. The van der Waals surface area contributed by atoms with Gasteiger partial charge in [-0.3, -0.25) is 4.79 Å². The van der Waals surface area contributed by atoms with Crippen LogP contribution < -0.4 is 5.73 Å². The van der Waals surface area contributed by atoms with Crippen molar-refractivity contribution in [3.63, 3.8) is 0 Å². The van der Waals surface area contributed by atoms with E-state index in [1.807, 2.05) is 0 Å². The maximum atomic E-state index is 11.9. The summed E-state index contributed by atoms with van der Waals surface area (Å²) in [5.41, 5.74) is 6.36. The second-order valence-corrected chi connectivity index (χ2v) is 4.72. The highest BCUT2D eigenvalue weighted by molar-refractivity contribution is 6.29. The molecule has 0 aromatic carbocycles. The van der Waals surface area contributed by atoms with Crippen molar-refractivity contribution in [2.24, 2.45) is 5.73 Å². The SMILES string of the molecule is C[C@H](N)C(=O)N(Cc1ccc(Cl)nn1)C1CC1. The average molecular weight is 255 g/mol. The van der Waals surface area contributed by atoms with E-state index >= 15 is 0 Å². The quantitative estimate of drug-likeness (QED) is 0.869. The summed E-state index contributed by atoms with van der Waals surface area (Å²) in [4.78, 5) is 13.7. The van der Waals surface area contributed by atoms with E-state index in [2.05, 4.69) is 10.2 Å². The lowest BCUT2D eigenvalue weighted by Gasteiger charge is -2.23. The Bertz CT molecular complexity index is 402. The van der Waals surface area contributed by atoms with Gasteiger partial charge in [0.05, 0.1) is 18.3 Å². The van der Waals surface area contributed by atoms with Gasteiger partial charge in [-0.2, -0.15) is 5.10 Å². The highest BCUT2D eigenvalue weighted by Gasteiger charge is 2.33. The van der Waals surface area contributed by atoms with Crippen LogP contribution in [0.15, 0.2) is 12.1 Å². The predicted octanol–water partition coefficient (Wildman–Crippen LogP) is 0.968. The van der Waals surface area contributed by atoms with Crippen LogP contribution in [0, 0.1) is 0 Å². The molecule has 2 rings (SSSR count). The number of hydrogen-bond acceptors (Lipinski definition) is 4. The molecule has 1 fully saturated rings. The van der Waals surface area contributed by atoms with Crippen molar-refractivity contribution in [2.75, 3.05) is 0 Å². The van der Waals surface area contributed by atoms with Gasteiger partial charge in [0.1, 0.15) is 0 Å². The third kappa shape index (κ3) is 3.14. The summed E-state index contributed by atoms with van der Waals surface area (Å²) in [6, 6.07) is 3.28. The van der Waals surface area contributed by atoms with Crippen LogP contribution in [0.4, 0.5) is 0 Å². The van der Waals surface area contributed by atoms with Crippen molar-refractivity contribution in [3.8, 4) is 0 Å². The van der Waals surface area contributed by atoms with Crippen LogP contribution in [0.25, 0.3) is 0 Å². The minimum absolute atomic E-state index is 0.0377. The minimum atomic E-state index is -0.476. The average Bonchev–Trinajstić information content (AvgIpc) is 3.11. The summed E-state index contributed by atoms with van der Waals surface area (Å²) in [5, 5.41) is 8.07. The molecule has 6 heteroatoms. The molecule has 1 amide bonds. The van der Waals surface area contributed by atoms with Crippen molar-refractivity contribution < 1.29 is 4.79 Å². The maximum absolute atomic E-state index is 11.9. The fourth-order valence-electron chi connectivity index (χ4n) is 1.64. The first kappa shape index (κ1) is 12.3. The normalized spacial score (nSPS) is 16.6. The Morgan fingerprint density at radius 2 is 2.29 bits per heavy atom. The van der Waals surface area contributed by atoms with E-state index in [4.69, 9.17) is 17.3 Å². The number of hydrogen-bond donors (Lipinski definition) is 1. The molecule has 5 nitrogen and oxygen atoms in total. The van der Waals surface area contributed by atoms with Gasteiger partial charge in [0.25, 0.3) is 0 Å². The summed E-state index contributed by atoms with van der Waals surface area (Å²) in [6.07, 6.45) is 2.08. The third-order valence-corrected chi connectivity index (χ3v) is 2.88. The molecule has 1 atom stereocenters. The van der Waals surface area contributed by atoms with Gasteiger partial charge in [-0.05, 0) is 31.9 Å². The van der Waals surface area contributed by atoms with Crippen LogP contribution in [-0.4, -0.2) is 33.1 Å². The zero-order valence-corrected chi connectivity index (χ0v) is 10.4. The van der Waals surface area contributed by atoms with E-state index in [9.17, 15) is 4.79 Å². The summed E-state index contributed by atoms with van der Waals surface area (Å²) in [7, 11) is 0. The molecule has 1 aromatic heterocycles. The van der Waals surface area contributed by atoms with E-state index in [0.29, 0.717) is 17.7 Å². The number of aromatic nitrogens is 2. The molecule has 1 aliphatic carbocycles. The Balaban J connectivity index is 2.07. The van der Waals surface area contributed by atoms with Gasteiger partial charge < -0.3 is 10.6 Å². The summed E-state index contributed by atoms with van der Waals surface area (Å²) in [5.74, 6) is -0.0377. The monoisotopic (exact) mass is 254 g/mol. The largest absolute Gasteiger partial charge is 0.332 e. The molecule has 1 heterocycles. The Morgan fingerprint density at radius 3 is 2.76 bits per heavy atom. The maximum Gasteiger partial charge on any atom is 0.239 e. The van der Waals surface area contributed by atoms with Gasteiger partial charge in [0.15, 0.2) is 5.15 Å². The zero-order chi connectivity index (χ0) is 12.4. The van der Waals surface area contributed by atoms with Crippen LogP contribution in [0.1, 0.15) is 25.5 Å². The van der Waals surface area contributed by atoms with Gasteiger partial charge >= 0.3 is 0 Å². The first-order valence-corrected chi connectivity index (χ1v) is 6.00. The van der Waals surface area contributed by atoms with E-state index in [1.54, 1.807) is 24.0 Å². The number of nitrogens with two attached hydrogens (primary N) is 1. The number of halogens is 1. The zero-order valence-electron chi connectivity index (χ0n) is 9.64. The molecule has 17 heavy (non-hydrogen) atoms. The molecule has 0 spiro atoms. The number of carbonyl (C=O) groups is 1. The highest BCUT2D eigenvalue weighted by Crippen LogP contribution is 2.28. The fourth-order valence-corrected chi connectivity index (χ4v) is 1.74. The van der Waals surface area contributed by atoms with Gasteiger partial charge in [-0.15, -0.1) is 5.10 Å². The molecule has 0 unspecified atom stereocenters. The van der Waals surface area contributed by atoms with Gasteiger partial charge in [0, 0.05) is 6.04 Å². The van der Waals surface area contributed by atoms with Crippen molar-refractivity contribution in [3.05, 3.63) is 23.0 Å². The lowest BCUT2D eigenvalue weighted by molar-refractivity contribution is -0.133. The Kier molecular flexibility index (Phi) is 3.59. The van der Waals surface area contributed by atoms with Crippen molar-refractivity contribution in [2.45, 2.75) is 38.4 Å². The summed E-state index contributed by atoms with van der Waals surface area (Å²) >= 11 is 5.66. The fraction of sp³-hybridized carbons (Fsp3) is 0.545. The lowest BCUT2D eigenvalue weighted by Crippen LogP contribution is -2.43. The Labute approximate surface area is 105 Å². The minimum Gasteiger partial charge on any atom is -0.332 e. The van der Waals surface area contributed by atoms with E-state index in [0.717, 1.165) is 18.5 Å². The first-order chi connectivity index (χ1) is 8.08. The first-order valence-electron chi connectivity index (χ1n) is 5.62. The van der Waals surface area contributed by atoms with Gasteiger partial charge in [0.2, 0.25) is 5.91 Å². The van der Waals surface area contributed by atoms with E-state index < -0.39 is 6.04 Å². The Hall–Kier alpha value is -1.20. The molecule has 0 bridgehead atoms. The number of carbonyl (C=O) groups excluding carboxylic acids is 1. The smallest absolute Gasteiger partial charge is 0.239 e. The Morgan fingerprint density at radius 1 is 1.59 bits per heavy atom. The van der Waals surface area contributed by atoms with E-state index in [-0.39, 0.29) is 5.91 Å². The molecular formula is C11H15ClN4O. The molecule has 0 aliphatic heterocycles. The van der Waals surface area contributed by atoms with Crippen molar-refractivity contribution in [1.29, 1.82) is 0 Å². The van der Waals surface area contributed by atoms with Crippen LogP contribution in [0.3, 0.4) is 0 Å². The molecule has 92 valence electrons. The van der Waals surface area contributed by atoms with Crippen LogP contribution in [0.5, 0.6) is 0 Å². The standard InChI is InChI=1S/C11H15ClN4O/c1-7(13)11(17)16(9-3-4-9)6-8-2-5-10(12)15-14-8/h2,5,7,9H,3-4,6,13H2,1H3/t7-/m0/s1. The molecule has 1 aromatic rings. The van der Waals surface area contributed by atoms with Crippen LogP contribution in [-0.2, 0) is 11.3 Å². The number of rotatable bonds is 4. The molecule has 1 saturated carbocycles. The topological polar surface area (TPSA) is 72.1 Å². The number of nitrogens with zero attached hydrogens (tertiary/aromatic N) is 3. The van der Waals surface area contributed by atoms with Crippen molar-refractivity contribution in [1.82, 2.24) is 15.1 Å². The predicted molar refractivity (Wildman–Crippen MR) is 64.3 cm³/mol. The van der Waals surface area contributed by atoms with Gasteiger partial charge in [-0.25, -0.2) is 0 Å². The van der Waals surface area contributed by atoms with Gasteiger partial charge in [-0.1, -0.05) is 11.6 Å². The van der Waals surface area contributed by atoms with Crippen molar-refractivity contribution >= 4 is 17.5 Å². The summed E-state index contributed by atoms with van der Waals surface area (Å²) < 4.78 is 0.